The molecule has 0 bridgehead atoms. The third kappa shape index (κ3) is 2.05. The van der Waals surface area contributed by atoms with E-state index in [0.29, 0.717) is 0 Å². The van der Waals surface area contributed by atoms with Crippen molar-refractivity contribution in [2.45, 2.75) is 32.3 Å². The average Bonchev–Trinajstić information content (AvgIpc) is 2.07. The van der Waals surface area contributed by atoms with E-state index in [1.54, 1.807) is 6.20 Å². The van der Waals surface area contributed by atoms with E-state index in [1.165, 1.54) is 0 Å². The van der Waals surface area contributed by atoms with Crippen LogP contribution in [0.15, 0.2) is 24.4 Å². The molecular formula is C10H15NO. The van der Waals surface area contributed by atoms with E-state index in [-0.39, 0.29) is 12.0 Å². The van der Waals surface area contributed by atoms with Crippen molar-refractivity contribution in [1.82, 2.24) is 4.98 Å². The third-order valence-electron chi connectivity index (χ3n) is 2.09. The van der Waals surface area contributed by atoms with Crippen LogP contribution in [0.5, 0.6) is 0 Å². The Kier molecular flexibility index (Phi) is 3.23. The second kappa shape index (κ2) is 4.21. The molecule has 0 saturated heterocycles. The van der Waals surface area contributed by atoms with E-state index < -0.39 is 0 Å². The van der Waals surface area contributed by atoms with Crippen LogP contribution in [0.2, 0.25) is 0 Å². The maximum Gasteiger partial charge on any atom is 0.0595 e. The molecule has 0 amide bonds. The van der Waals surface area contributed by atoms with Gasteiger partial charge in [-0.3, -0.25) is 4.98 Å². The summed E-state index contributed by atoms with van der Waals surface area (Å²) in [6.45, 7) is 3.87. The zero-order valence-electron chi connectivity index (χ0n) is 7.57. The van der Waals surface area contributed by atoms with Crippen LogP contribution in [0.3, 0.4) is 0 Å². The molecule has 2 unspecified atom stereocenters. The van der Waals surface area contributed by atoms with Crippen LogP contribution >= 0.6 is 0 Å². The minimum absolute atomic E-state index is 0.172. The van der Waals surface area contributed by atoms with Crippen LogP contribution in [-0.4, -0.2) is 16.2 Å². The molecule has 1 aromatic rings. The Hall–Kier alpha value is -0.890. The molecule has 2 atom stereocenters. The highest BCUT2D eigenvalue weighted by Gasteiger charge is 2.15. The van der Waals surface area contributed by atoms with Crippen molar-refractivity contribution in [3.63, 3.8) is 0 Å². The van der Waals surface area contributed by atoms with Gasteiger partial charge in [-0.25, -0.2) is 0 Å². The van der Waals surface area contributed by atoms with Crippen LogP contribution < -0.4 is 0 Å². The number of hydrogen-bond donors (Lipinski definition) is 1. The number of hydrogen-bond acceptors (Lipinski definition) is 2. The highest BCUT2D eigenvalue weighted by Crippen LogP contribution is 2.20. The molecule has 1 heterocycles. The first kappa shape index (κ1) is 9.20. The van der Waals surface area contributed by atoms with E-state index >= 15 is 0 Å². The molecule has 1 rings (SSSR count). The molecule has 1 N–H and O–H groups in total. The van der Waals surface area contributed by atoms with Crippen LogP contribution in [0.25, 0.3) is 0 Å². The fourth-order valence-electron chi connectivity index (χ4n) is 1.39. The molecule has 0 aliphatic rings. The summed E-state index contributed by atoms with van der Waals surface area (Å²) in [5.74, 6) is 0.172. The Morgan fingerprint density at radius 3 is 2.67 bits per heavy atom. The van der Waals surface area contributed by atoms with Crippen LogP contribution in [0, 0.1) is 0 Å². The number of pyridine rings is 1. The first-order valence-electron chi connectivity index (χ1n) is 4.34. The predicted molar refractivity (Wildman–Crippen MR) is 48.9 cm³/mol. The summed E-state index contributed by atoms with van der Waals surface area (Å²) < 4.78 is 0. The molecule has 0 saturated carbocycles. The van der Waals surface area contributed by atoms with Gasteiger partial charge < -0.3 is 5.11 Å². The topological polar surface area (TPSA) is 33.1 Å². The number of nitrogens with zero attached hydrogens (tertiary/aromatic N) is 1. The second-order valence-electron chi connectivity index (χ2n) is 3.01. The molecule has 1 aromatic heterocycles. The van der Waals surface area contributed by atoms with Crippen LogP contribution in [0.4, 0.5) is 0 Å². The van der Waals surface area contributed by atoms with Crippen molar-refractivity contribution in [2.24, 2.45) is 0 Å². The van der Waals surface area contributed by atoms with Gasteiger partial charge in [0.25, 0.3) is 0 Å². The predicted octanol–water partition coefficient (Wildman–Crippen LogP) is 1.96. The standard InChI is InChI=1S/C10H15NO/c1-3-9(8(2)12)10-6-4-5-7-11-10/h4-9,12H,3H2,1-2H3. The molecule has 2 nitrogen and oxygen atoms in total. The van der Waals surface area contributed by atoms with Gasteiger partial charge in [0.2, 0.25) is 0 Å². The van der Waals surface area contributed by atoms with Crippen molar-refractivity contribution in [2.75, 3.05) is 0 Å². The average molecular weight is 165 g/mol. The SMILES string of the molecule is CCC(c1ccccn1)C(C)O. The summed E-state index contributed by atoms with van der Waals surface area (Å²) in [6, 6.07) is 5.80. The highest BCUT2D eigenvalue weighted by atomic mass is 16.3. The number of aliphatic hydroxyl groups is 1. The Labute approximate surface area is 73.3 Å². The fourth-order valence-corrected chi connectivity index (χ4v) is 1.39. The lowest BCUT2D eigenvalue weighted by Gasteiger charge is -2.16. The number of aliphatic hydroxyl groups excluding tert-OH is 1. The van der Waals surface area contributed by atoms with Crippen molar-refractivity contribution in [3.8, 4) is 0 Å². The Balaban J connectivity index is 2.80. The van der Waals surface area contributed by atoms with Gasteiger partial charge >= 0.3 is 0 Å². The first-order valence-corrected chi connectivity index (χ1v) is 4.34. The quantitative estimate of drug-likeness (QED) is 0.742. The van der Waals surface area contributed by atoms with Crippen LogP contribution in [-0.2, 0) is 0 Å². The van der Waals surface area contributed by atoms with Crippen molar-refractivity contribution in [1.29, 1.82) is 0 Å². The molecule has 0 radical (unpaired) electrons. The van der Waals surface area contributed by atoms with Gasteiger partial charge in [-0.1, -0.05) is 13.0 Å². The summed E-state index contributed by atoms with van der Waals surface area (Å²) in [4.78, 5) is 4.21. The lowest BCUT2D eigenvalue weighted by Crippen LogP contribution is -2.14. The summed E-state index contributed by atoms with van der Waals surface area (Å²) in [5, 5.41) is 9.43. The van der Waals surface area contributed by atoms with E-state index in [0.717, 1.165) is 12.1 Å². The summed E-state index contributed by atoms with van der Waals surface area (Å²) >= 11 is 0. The van der Waals surface area contributed by atoms with Crippen molar-refractivity contribution < 1.29 is 5.11 Å². The van der Waals surface area contributed by atoms with E-state index in [1.807, 2.05) is 25.1 Å². The zero-order chi connectivity index (χ0) is 8.97. The molecule has 2 heteroatoms. The molecule has 0 aliphatic heterocycles. The molecular weight excluding hydrogens is 150 g/mol. The van der Waals surface area contributed by atoms with Crippen molar-refractivity contribution >= 4 is 0 Å². The van der Waals surface area contributed by atoms with Gasteiger partial charge in [0.05, 0.1) is 6.10 Å². The minimum atomic E-state index is -0.315. The van der Waals surface area contributed by atoms with E-state index in [4.69, 9.17) is 0 Å². The minimum Gasteiger partial charge on any atom is -0.393 e. The summed E-state index contributed by atoms with van der Waals surface area (Å²) in [6.07, 6.45) is 2.37. The van der Waals surface area contributed by atoms with Gasteiger partial charge in [0.15, 0.2) is 0 Å². The summed E-state index contributed by atoms with van der Waals surface area (Å²) in [5.41, 5.74) is 0.981. The van der Waals surface area contributed by atoms with Gasteiger partial charge in [0.1, 0.15) is 0 Å². The first-order chi connectivity index (χ1) is 5.75. The van der Waals surface area contributed by atoms with Gasteiger partial charge in [-0.05, 0) is 25.5 Å². The Morgan fingerprint density at radius 2 is 2.25 bits per heavy atom. The Morgan fingerprint density at radius 1 is 1.50 bits per heavy atom. The normalized spacial score (nSPS) is 15.6. The second-order valence-corrected chi connectivity index (χ2v) is 3.01. The molecule has 66 valence electrons. The fraction of sp³-hybridized carbons (Fsp3) is 0.500. The lowest BCUT2D eigenvalue weighted by molar-refractivity contribution is 0.158. The van der Waals surface area contributed by atoms with Crippen LogP contribution in [0.1, 0.15) is 31.9 Å². The summed E-state index contributed by atoms with van der Waals surface area (Å²) in [7, 11) is 0. The van der Waals surface area contributed by atoms with Gasteiger partial charge in [-0.15, -0.1) is 0 Å². The smallest absolute Gasteiger partial charge is 0.0595 e. The van der Waals surface area contributed by atoms with E-state index in [9.17, 15) is 5.11 Å². The monoisotopic (exact) mass is 165 g/mol. The Bertz CT molecular complexity index is 221. The molecule has 0 aliphatic carbocycles. The molecule has 0 aromatic carbocycles. The highest BCUT2D eigenvalue weighted by molar-refractivity contribution is 5.10. The number of aromatic nitrogens is 1. The maximum atomic E-state index is 9.43. The molecule has 12 heavy (non-hydrogen) atoms. The molecule has 0 spiro atoms. The zero-order valence-corrected chi connectivity index (χ0v) is 7.57. The van der Waals surface area contributed by atoms with Crippen molar-refractivity contribution in [3.05, 3.63) is 30.1 Å². The van der Waals surface area contributed by atoms with E-state index in [2.05, 4.69) is 11.9 Å². The van der Waals surface area contributed by atoms with Gasteiger partial charge in [-0.2, -0.15) is 0 Å². The lowest BCUT2D eigenvalue weighted by atomic mass is 9.96. The molecule has 0 fully saturated rings. The number of rotatable bonds is 3. The maximum absolute atomic E-state index is 9.43. The van der Waals surface area contributed by atoms with Gasteiger partial charge in [0, 0.05) is 17.8 Å². The largest absolute Gasteiger partial charge is 0.393 e. The third-order valence-corrected chi connectivity index (χ3v) is 2.09.